The number of nitrogens with zero attached hydrogens (tertiary/aromatic N) is 1. The average molecular weight is 361 g/mol. The topological polar surface area (TPSA) is 77.1 Å². The van der Waals surface area contributed by atoms with Crippen LogP contribution in [0.25, 0.3) is 0 Å². The number of amides is 3. The van der Waals surface area contributed by atoms with Gasteiger partial charge in [0, 0.05) is 0 Å². The Morgan fingerprint density at radius 2 is 1.95 bits per heavy atom. The van der Waals surface area contributed by atoms with Gasteiger partial charge in [-0.05, 0) is 26.7 Å². The molecular weight excluding hydrogens is 344 g/mol. The van der Waals surface area contributed by atoms with Crippen LogP contribution in [0.15, 0.2) is 0 Å². The second-order valence-corrected chi connectivity index (χ2v) is 7.36. The molecule has 0 spiro atoms. The maximum absolute atomic E-state index is 12.3. The standard InChI is InChI=1S/C13H17BrN2O5/c1-13(2)20-8-6-4-3-5-7(14)10(17)15-12(18)16(5)11(19-6)9(8)21-13/h5-9,11H,3-4H2,1-2H3,(H,15,17,18)/t5?,6-,7?,8+,9?,11-/m1/s1. The van der Waals surface area contributed by atoms with E-state index in [2.05, 4.69) is 21.2 Å². The van der Waals surface area contributed by atoms with Crippen molar-refractivity contribution in [2.45, 2.75) is 67.9 Å². The van der Waals surface area contributed by atoms with Gasteiger partial charge in [0.05, 0.1) is 12.1 Å². The van der Waals surface area contributed by atoms with Crippen molar-refractivity contribution in [1.29, 1.82) is 0 Å². The maximum Gasteiger partial charge on any atom is 0.326 e. The Bertz CT molecular complexity index is 513. The molecule has 7 nitrogen and oxygen atoms in total. The molecule has 4 rings (SSSR count). The minimum absolute atomic E-state index is 0.102. The van der Waals surface area contributed by atoms with Gasteiger partial charge in [-0.15, -0.1) is 0 Å². The van der Waals surface area contributed by atoms with Crippen LogP contribution in [-0.4, -0.2) is 58.0 Å². The largest absolute Gasteiger partial charge is 0.349 e. The summed E-state index contributed by atoms with van der Waals surface area (Å²) in [5.41, 5.74) is 0. The molecule has 0 aromatic rings. The van der Waals surface area contributed by atoms with Crippen LogP contribution in [0, 0.1) is 0 Å². The molecule has 3 amide bonds. The summed E-state index contributed by atoms with van der Waals surface area (Å²) in [5.74, 6) is -0.967. The van der Waals surface area contributed by atoms with Crippen molar-refractivity contribution in [3.05, 3.63) is 0 Å². The lowest BCUT2D eigenvalue weighted by atomic mass is 9.95. The summed E-state index contributed by atoms with van der Waals surface area (Å²) in [7, 11) is 0. The SMILES string of the molecule is CC1(C)OC2[C@@H](O1)[C@H]1CCC3C(Br)C(=O)NC(=O)N3[C@@H]2O1. The fourth-order valence-corrected chi connectivity index (χ4v) is 4.38. The number of hydrogen-bond donors (Lipinski definition) is 1. The molecule has 2 bridgehead atoms. The van der Waals surface area contributed by atoms with Gasteiger partial charge in [-0.3, -0.25) is 15.0 Å². The van der Waals surface area contributed by atoms with Gasteiger partial charge in [0.25, 0.3) is 0 Å². The van der Waals surface area contributed by atoms with Gasteiger partial charge in [0.1, 0.15) is 17.0 Å². The first-order valence-electron chi connectivity index (χ1n) is 7.16. The van der Waals surface area contributed by atoms with Crippen molar-refractivity contribution in [2.75, 3.05) is 0 Å². The molecule has 1 N–H and O–H groups in total. The highest BCUT2D eigenvalue weighted by atomic mass is 79.9. The van der Waals surface area contributed by atoms with Gasteiger partial charge in [-0.25, -0.2) is 4.79 Å². The molecule has 4 fully saturated rings. The number of alkyl halides is 1. The van der Waals surface area contributed by atoms with E-state index < -0.39 is 22.9 Å². The molecule has 0 aromatic heterocycles. The van der Waals surface area contributed by atoms with Crippen molar-refractivity contribution in [3.63, 3.8) is 0 Å². The molecule has 0 radical (unpaired) electrons. The Kier molecular flexibility index (Phi) is 2.92. The van der Waals surface area contributed by atoms with E-state index in [4.69, 9.17) is 14.2 Å². The van der Waals surface area contributed by atoms with Crippen molar-refractivity contribution in [1.82, 2.24) is 10.2 Å². The van der Waals surface area contributed by atoms with Crippen molar-refractivity contribution in [2.24, 2.45) is 0 Å². The number of urea groups is 1. The molecule has 4 saturated heterocycles. The third-order valence-electron chi connectivity index (χ3n) is 4.56. The summed E-state index contributed by atoms with van der Waals surface area (Å²) < 4.78 is 17.8. The predicted molar refractivity (Wildman–Crippen MR) is 73.6 cm³/mol. The van der Waals surface area contributed by atoms with Gasteiger partial charge < -0.3 is 14.2 Å². The number of nitrogens with one attached hydrogen (secondary N) is 1. The number of rotatable bonds is 0. The summed E-state index contributed by atoms with van der Waals surface area (Å²) >= 11 is 3.39. The zero-order valence-electron chi connectivity index (χ0n) is 11.7. The van der Waals surface area contributed by atoms with E-state index in [0.717, 1.165) is 6.42 Å². The molecule has 0 aliphatic carbocycles. The lowest BCUT2D eigenvalue weighted by Gasteiger charge is -2.41. The first kappa shape index (κ1) is 13.9. The molecule has 0 aromatic carbocycles. The second kappa shape index (κ2) is 4.41. The lowest BCUT2D eigenvalue weighted by molar-refractivity contribution is -0.199. The Labute approximate surface area is 130 Å². The number of halogens is 1. The Morgan fingerprint density at radius 1 is 1.24 bits per heavy atom. The number of imide groups is 1. The van der Waals surface area contributed by atoms with E-state index >= 15 is 0 Å². The highest BCUT2D eigenvalue weighted by molar-refractivity contribution is 9.10. The van der Waals surface area contributed by atoms with Gasteiger partial charge in [0.2, 0.25) is 5.91 Å². The highest BCUT2D eigenvalue weighted by Gasteiger charge is 2.61. The van der Waals surface area contributed by atoms with Crippen LogP contribution in [0.2, 0.25) is 0 Å². The highest BCUT2D eigenvalue weighted by Crippen LogP contribution is 2.45. The number of hydrogen-bond acceptors (Lipinski definition) is 5. The van der Waals surface area contributed by atoms with E-state index in [-0.39, 0.29) is 30.3 Å². The van der Waals surface area contributed by atoms with E-state index in [1.54, 1.807) is 4.90 Å². The molecule has 4 aliphatic heterocycles. The minimum Gasteiger partial charge on any atom is -0.349 e. The molecule has 21 heavy (non-hydrogen) atoms. The van der Waals surface area contributed by atoms with Gasteiger partial charge >= 0.3 is 6.03 Å². The second-order valence-electron chi connectivity index (χ2n) is 6.38. The predicted octanol–water partition coefficient (Wildman–Crippen LogP) is 0.709. The van der Waals surface area contributed by atoms with Gasteiger partial charge in [-0.2, -0.15) is 0 Å². The zero-order valence-corrected chi connectivity index (χ0v) is 13.3. The summed E-state index contributed by atoms with van der Waals surface area (Å²) in [6.07, 6.45) is 0.346. The Balaban J connectivity index is 1.69. The Morgan fingerprint density at radius 3 is 2.71 bits per heavy atom. The van der Waals surface area contributed by atoms with Crippen LogP contribution >= 0.6 is 15.9 Å². The molecule has 6 atom stereocenters. The lowest BCUT2D eigenvalue weighted by Crippen LogP contribution is -2.65. The molecule has 0 saturated carbocycles. The quantitative estimate of drug-likeness (QED) is 0.643. The molecular formula is C13H17BrN2O5. The van der Waals surface area contributed by atoms with E-state index in [0.29, 0.717) is 6.42 Å². The summed E-state index contributed by atoms with van der Waals surface area (Å²) in [5, 5.41) is 2.36. The maximum atomic E-state index is 12.3. The zero-order chi connectivity index (χ0) is 14.9. The van der Waals surface area contributed by atoms with Crippen LogP contribution in [0.1, 0.15) is 26.7 Å². The van der Waals surface area contributed by atoms with Gasteiger partial charge in [0.15, 0.2) is 12.0 Å². The monoisotopic (exact) mass is 360 g/mol. The first-order chi connectivity index (χ1) is 9.87. The third kappa shape index (κ3) is 1.96. The van der Waals surface area contributed by atoms with Crippen LogP contribution < -0.4 is 5.32 Å². The third-order valence-corrected chi connectivity index (χ3v) is 5.58. The van der Waals surface area contributed by atoms with Crippen LogP contribution in [0.4, 0.5) is 4.79 Å². The molecule has 4 aliphatic rings. The molecule has 3 unspecified atom stereocenters. The number of ether oxygens (including phenoxy) is 3. The van der Waals surface area contributed by atoms with Crippen molar-refractivity contribution < 1.29 is 23.8 Å². The average Bonchev–Trinajstić information content (AvgIpc) is 2.78. The fourth-order valence-electron chi connectivity index (χ4n) is 3.75. The number of fused-ring (bicyclic) bond motifs is 7. The summed E-state index contributed by atoms with van der Waals surface area (Å²) in [6, 6.07) is -0.630. The summed E-state index contributed by atoms with van der Waals surface area (Å²) in [6.45, 7) is 3.73. The van der Waals surface area contributed by atoms with Crippen molar-refractivity contribution >= 4 is 27.9 Å². The molecule has 4 heterocycles. The van der Waals surface area contributed by atoms with Gasteiger partial charge in [-0.1, -0.05) is 15.9 Å². The van der Waals surface area contributed by atoms with E-state index in [1.807, 2.05) is 13.8 Å². The number of carbonyl (C=O) groups excluding carboxylic acids is 2. The Hall–Kier alpha value is -0.700. The van der Waals surface area contributed by atoms with Crippen LogP contribution in [0.5, 0.6) is 0 Å². The molecule has 8 heteroatoms. The first-order valence-corrected chi connectivity index (χ1v) is 8.07. The smallest absolute Gasteiger partial charge is 0.326 e. The minimum atomic E-state index is -0.675. The van der Waals surface area contributed by atoms with Crippen molar-refractivity contribution in [3.8, 4) is 0 Å². The van der Waals surface area contributed by atoms with E-state index in [9.17, 15) is 9.59 Å². The van der Waals surface area contributed by atoms with E-state index in [1.165, 1.54) is 0 Å². The normalized spacial score (nSPS) is 47.7. The molecule has 116 valence electrons. The fraction of sp³-hybridized carbons (Fsp3) is 0.846. The van der Waals surface area contributed by atoms with Crippen LogP contribution in [-0.2, 0) is 19.0 Å². The van der Waals surface area contributed by atoms with Crippen LogP contribution in [0.3, 0.4) is 0 Å². The summed E-state index contributed by atoms with van der Waals surface area (Å²) in [4.78, 5) is 25.3. The number of carbonyl (C=O) groups is 2.